The molecular formula is C21H17BrClNO5S. The van der Waals surface area contributed by atoms with Crippen LogP contribution in [-0.4, -0.2) is 28.0 Å². The number of carbonyl (C=O) groups is 1. The van der Waals surface area contributed by atoms with Gasteiger partial charge in [0.15, 0.2) is 6.61 Å². The van der Waals surface area contributed by atoms with Crippen LogP contribution in [0.2, 0.25) is 5.02 Å². The zero-order chi connectivity index (χ0) is 21.7. The van der Waals surface area contributed by atoms with Gasteiger partial charge in [-0.2, -0.15) is 4.31 Å². The molecule has 0 aliphatic carbocycles. The molecule has 0 atom stereocenters. The van der Waals surface area contributed by atoms with Crippen LogP contribution >= 0.6 is 27.5 Å². The molecule has 0 saturated carbocycles. The van der Waals surface area contributed by atoms with Gasteiger partial charge in [0.25, 0.3) is 15.9 Å². The van der Waals surface area contributed by atoms with Crippen LogP contribution in [0.3, 0.4) is 0 Å². The molecule has 3 aromatic rings. The van der Waals surface area contributed by atoms with E-state index < -0.39 is 22.5 Å². The number of nitrogens with zero attached hydrogens (tertiary/aromatic N) is 1. The van der Waals surface area contributed by atoms with E-state index in [9.17, 15) is 13.2 Å². The van der Waals surface area contributed by atoms with Crippen molar-refractivity contribution in [1.29, 1.82) is 0 Å². The minimum atomic E-state index is -4.21. The van der Waals surface area contributed by atoms with Crippen molar-refractivity contribution in [3.05, 3.63) is 82.3 Å². The van der Waals surface area contributed by atoms with Crippen LogP contribution in [0, 0.1) is 0 Å². The fourth-order valence-electron chi connectivity index (χ4n) is 2.61. The van der Waals surface area contributed by atoms with Crippen LogP contribution in [0.4, 0.5) is 5.69 Å². The van der Waals surface area contributed by atoms with Crippen molar-refractivity contribution in [3.8, 4) is 11.5 Å². The first-order valence-electron chi connectivity index (χ1n) is 8.67. The average molecular weight is 511 g/mol. The minimum Gasteiger partial charge on any atom is -0.497 e. The Morgan fingerprint density at radius 3 is 2.27 bits per heavy atom. The second-order valence-electron chi connectivity index (χ2n) is 6.06. The quantitative estimate of drug-likeness (QED) is 0.451. The summed E-state index contributed by atoms with van der Waals surface area (Å²) in [6.45, 7) is -0.477. The molecule has 0 unspecified atom stereocenters. The first-order chi connectivity index (χ1) is 14.3. The molecule has 3 rings (SSSR count). The number of methoxy groups -OCH3 is 1. The molecule has 0 bridgehead atoms. The lowest BCUT2D eigenvalue weighted by Gasteiger charge is -2.23. The van der Waals surface area contributed by atoms with Gasteiger partial charge in [0.1, 0.15) is 11.5 Å². The molecule has 0 aliphatic heterocycles. The van der Waals surface area contributed by atoms with Crippen LogP contribution in [0.5, 0.6) is 11.5 Å². The zero-order valence-corrected chi connectivity index (χ0v) is 18.9. The van der Waals surface area contributed by atoms with Crippen molar-refractivity contribution in [2.45, 2.75) is 4.90 Å². The maximum absolute atomic E-state index is 13.3. The lowest BCUT2D eigenvalue weighted by Crippen LogP contribution is -2.40. The Morgan fingerprint density at radius 1 is 1.00 bits per heavy atom. The number of sulfonamides is 1. The molecule has 30 heavy (non-hydrogen) atoms. The van der Waals surface area contributed by atoms with Gasteiger partial charge in [-0.25, -0.2) is 8.42 Å². The molecule has 0 radical (unpaired) electrons. The second-order valence-corrected chi connectivity index (χ2v) is 9.20. The van der Waals surface area contributed by atoms with Crippen molar-refractivity contribution in [2.24, 2.45) is 0 Å². The summed E-state index contributed by atoms with van der Waals surface area (Å²) in [4.78, 5) is 12.9. The summed E-state index contributed by atoms with van der Waals surface area (Å²) in [5, 5.41) is 0.384. The molecule has 9 heteroatoms. The topological polar surface area (TPSA) is 72.9 Å². The number of amides is 1. The van der Waals surface area contributed by atoms with Gasteiger partial charge >= 0.3 is 0 Å². The van der Waals surface area contributed by atoms with Crippen molar-refractivity contribution in [3.63, 3.8) is 0 Å². The van der Waals surface area contributed by atoms with Gasteiger partial charge in [-0.05, 0) is 66.7 Å². The zero-order valence-electron chi connectivity index (χ0n) is 15.8. The summed E-state index contributed by atoms with van der Waals surface area (Å²) in [7, 11) is -2.71. The van der Waals surface area contributed by atoms with Gasteiger partial charge in [0.05, 0.1) is 17.7 Å². The highest BCUT2D eigenvalue weighted by atomic mass is 79.9. The molecule has 3 aromatic carbocycles. The maximum atomic E-state index is 13.3. The molecule has 0 aliphatic rings. The molecule has 0 heterocycles. The molecular weight excluding hydrogens is 494 g/mol. The van der Waals surface area contributed by atoms with Gasteiger partial charge in [-0.3, -0.25) is 4.79 Å². The van der Waals surface area contributed by atoms with Crippen LogP contribution in [-0.2, 0) is 14.8 Å². The molecule has 0 spiro atoms. The SMILES string of the molecule is COc1ccc(N(C(=O)COc2cccc(Br)c2)S(=O)(=O)c2ccc(Cl)cc2)cc1. The number of benzene rings is 3. The van der Waals surface area contributed by atoms with Gasteiger partial charge in [-0.15, -0.1) is 0 Å². The Bertz CT molecular complexity index is 1130. The largest absolute Gasteiger partial charge is 0.497 e. The Balaban J connectivity index is 1.95. The Hall–Kier alpha value is -2.55. The fourth-order valence-corrected chi connectivity index (χ4v) is 4.52. The Kier molecular flexibility index (Phi) is 7.02. The fraction of sp³-hybridized carbons (Fsp3) is 0.0952. The van der Waals surface area contributed by atoms with E-state index in [1.807, 2.05) is 6.07 Å². The van der Waals surface area contributed by atoms with Crippen molar-refractivity contribution >= 4 is 49.1 Å². The van der Waals surface area contributed by atoms with E-state index in [2.05, 4.69) is 15.9 Å². The predicted molar refractivity (Wildman–Crippen MR) is 119 cm³/mol. The highest BCUT2D eigenvalue weighted by Crippen LogP contribution is 2.27. The minimum absolute atomic E-state index is 0.0708. The van der Waals surface area contributed by atoms with Gasteiger partial charge < -0.3 is 9.47 Å². The van der Waals surface area contributed by atoms with E-state index >= 15 is 0 Å². The number of hydrogen-bond acceptors (Lipinski definition) is 5. The Labute approximate surface area is 188 Å². The van der Waals surface area contributed by atoms with Crippen molar-refractivity contribution in [2.75, 3.05) is 18.0 Å². The summed E-state index contributed by atoms with van der Waals surface area (Å²) in [6.07, 6.45) is 0. The molecule has 0 aromatic heterocycles. The van der Waals surface area contributed by atoms with E-state index in [0.29, 0.717) is 20.8 Å². The monoisotopic (exact) mass is 509 g/mol. The summed E-state index contributed by atoms with van der Waals surface area (Å²) >= 11 is 9.19. The lowest BCUT2D eigenvalue weighted by atomic mass is 10.3. The molecule has 156 valence electrons. The Morgan fingerprint density at radius 2 is 1.67 bits per heavy atom. The van der Waals surface area contributed by atoms with E-state index in [-0.39, 0.29) is 10.6 Å². The van der Waals surface area contributed by atoms with E-state index in [1.54, 1.807) is 30.3 Å². The van der Waals surface area contributed by atoms with E-state index in [4.69, 9.17) is 21.1 Å². The lowest BCUT2D eigenvalue weighted by molar-refractivity contribution is -0.119. The highest BCUT2D eigenvalue weighted by molar-refractivity contribution is 9.10. The molecule has 0 saturated heterocycles. The molecule has 6 nitrogen and oxygen atoms in total. The van der Waals surface area contributed by atoms with Crippen LogP contribution < -0.4 is 13.8 Å². The average Bonchev–Trinajstić information content (AvgIpc) is 2.73. The molecule has 1 amide bonds. The van der Waals surface area contributed by atoms with Crippen molar-refractivity contribution < 1.29 is 22.7 Å². The summed E-state index contributed by atoms with van der Waals surface area (Å²) in [5.74, 6) is 0.201. The van der Waals surface area contributed by atoms with Crippen LogP contribution in [0.15, 0.2) is 82.2 Å². The standard InChI is InChI=1S/C21H17BrClNO5S/c1-28-18-9-7-17(8-10-18)24(30(26,27)20-11-5-16(23)6-12-20)21(25)14-29-19-4-2-3-15(22)13-19/h2-13H,14H2,1H3. The smallest absolute Gasteiger partial charge is 0.278 e. The van der Waals surface area contributed by atoms with Gasteiger partial charge in [0.2, 0.25) is 0 Å². The van der Waals surface area contributed by atoms with Crippen LogP contribution in [0.1, 0.15) is 0 Å². The third-order valence-corrected chi connectivity index (χ3v) is 6.55. The predicted octanol–water partition coefficient (Wildman–Crippen LogP) is 4.91. The number of rotatable bonds is 7. The summed E-state index contributed by atoms with van der Waals surface area (Å²) < 4.78 is 38.7. The third-order valence-electron chi connectivity index (χ3n) is 4.04. The van der Waals surface area contributed by atoms with Crippen LogP contribution in [0.25, 0.3) is 0 Å². The van der Waals surface area contributed by atoms with Gasteiger partial charge in [0, 0.05) is 9.50 Å². The number of anilines is 1. The maximum Gasteiger partial charge on any atom is 0.278 e. The normalized spacial score (nSPS) is 11.0. The molecule has 0 fully saturated rings. The number of ether oxygens (including phenoxy) is 2. The number of carbonyl (C=O) groups excluding carboxylic acids is 1. The second kappa shape index (κ2) is 9.51. The summed E-state index contributed by atoms with van der Waals surface area (Å²) in [6, 6.07) is 18.6. The highest BCUT2D eigenvalue weighted by Gasteiger charge is 2.31. The number of hydrogen-bond donors (Lipinski definition) is 0. The summed E-state index contributed by atoms with van der Waals surface area (Å²) in [5.41, 5.74) is 0.161. The van der Waals surface area contributed by atoms with Crippen molar-refractivity contribution in [1.82, 2.24) is 0 Å². The first-order valence-corrected chi connectivity index (χ1v) is 11.3. The number of halogens is 2. The van der Waals surface area contributed by atoms with Gasteiger partial charge in [-0.1, -0.05) is 33.6 Å². The van der Waals surface area contributed by atoms with E-state index in [0.717, 1.165) is 4.47 Å². The molecule has 0 N–H and O–H groups in total. The van der Waals surface area contributed by atoms with E-state index in [1.165, 1.54) is 43.5 Å². The first kappa shape index (κ1) is 22.1. The third kappa shape index (κ3) is 5.13.